The average molecular weight is 266 g/mol. The van der Waals surface area contributed by atoms with E-state index in [0.29, 0.717) is 25.8 Å². The molecule has 2 heterocycles. The van der Waals surface area contributed by atoms with Gasteiger partial charge in [-0.15, -0.1) is 10.2 Å². The third kappa shape index (κ3) is 3.83. The zero-order valence-electron chi connectivity index (χ0n) is 11.1. The van der Waals surface area contributed by atoms with Gasteiger partial charge < -0.3 is 9.84 Å². The van der Waals surface area contributed by atoms with Crippen LogP contribution in [-0.2, 0) is 17.9 Å². The Morgan fingerprint density at radius 1 is 1.21 bits per heavy atom. The maximum Gasteiger partial charge on any atom is 0.108 e. The molecule has 0 saturated carbocycles. The summed E-state index contributed by atoms with van der Waals surface area (Å²) in [5.41, 5.74) is 1.56. The molecule has 0 spiro atoms. The van der Waals surface area contributed by atoms with Gasteiger partial charge in [-0.25, -0.2) is 9.36 Å². The molecule has 2 aromatic heterocycles. The van der Waals surface area contributed by atoms with E-state index < -0.39 is 0 Å². The van der Waals surface area contributed by atoms with E-state index in [1.165, 1.54) is 0 Å². The van der Waals surface area contributed by atoms with Crippen LogP contribution in [0.25, 0.3) is 0 Å². The molecule has 2 rings (SSSR count). The lowest BCUT2D eigenvalue weighted by Gasteiger charge is -2.01. The molecule has 0 fully saturated rings. The van der Waals surface area contributed by atoms with Gasteiger partial charge in [-0.05, 0) is 13.8 Å². The summed E-state index contributed by atoms with van der Waals surface area (Å²) in [6.45, 7) is 5.27. The lowest BCUT2D eigenvalue weighted by molar-refractivity contribution is 0.0796. The molecule has 0 radical (unpaired) electrons. The lowest BCUT2D eigenvalue weighted by Crippen LogP contribution is -2.01. The average Bonchev–Trinajstić information content (AvgIpc) is 3.00. The van der Waals surface area contributed by atoms with Crippen molar-refractivity contribution in [3.05, 3.63) is 23.8 Å². The van der Waals surface area contributed by atoms with Gasteiger partial charge in [0.25, 0.3) is 0 Å². The summed E-state index contributed by atoms with van der Waals surface area (Å²) in [5, 5.41) is 24.7. The van der Waals surface area contributed by atoms with Crippen LogP contribution in [0, 0.1) is 0 Å². The molecule has 1 N–H and O–H groups in total. The third-order valence-electron chi connectivity index (χ3n) is 2.48. The summed E-state index contributed by atoms with van der Waals surface area (Å²) in [4.78, 5) is 0. The minimum absolute atomic E-state index is 0.00639. The van der Waals surface area contributed by atoms with E-state index in [2.05, 4.69) is 20.6 Å². The molecular formula is C11H18N6O2. The van der Waals surface area contributed by atoms with Crippen LogP contribution in [0.5, 0.6) is 0 Å². The van der Waals surface area contributed by atoms with E-state index in [-0.39, 0.29) is 6.61 Å². The molecule has 0 aliphatic heterocycles. The Bertz CT molecular complexity index is 507. The van der Waals surface area contributed by atoms with Crippen LogP contribution >= 0.6 is 0 Å². The quantitative estimate of drug-likeness (QED) is 0.710. The third-order valence-corrected chi connectivity index (χ3v) is 2.48. The van der Waals surface area contributed by atoms with Crippen LogP contribution in [0.15, 0.2) is 12.4 Å². The first-order valence-corrected chi connectivity index (χ1v) is 6.17. The molecule has 0 atom stereocenters. The molecule has 2 aromatic rings. The normalized spacial score (nSPS) is 11.4. The van der Waals surface area contributed by atoms with Crippen LogP contribution in [0.4, 0.5) is 0 Å². The molecule has 0 bridgehead atoms. The minimum atomic E-state index is 0.00639. The zero-order chi connectivity index (χ0) is 13.7. The first kappa shape index (κ1) is 13.6. The Morgan fingerprint density at radius 2 is 2.00 bits per heavy atom. The first-order chi connectivity index (χ1) is 9.19. The molecule has 19 heavy (non-hydrogen) atoms. The maximum atomic E-state index is 8.61. The van der Waals surface area contributed by atoms with Crippen LogP contribution in [0.3, 0.4) is 0 Å². The molecule has 0 aliphatic rings. The van der Waals surface area contributed by atoms with Gasteiger partial charge in [-0.2, -0.15) is 0 Å². The smallest absolute Gasteiger partial charge is 0.108 e. The Kier molecular flexibility index (Phi) is 4.58. The molecule has 8 heteroatoms. The highest BCUT2D eigenvalue weighted by atomic mass is 16.5. The van der Waals surface area contributed by atoms with Gasteiger partial charge in [0.1, 0.15) is 11.4 Å². The molecule has 0 saturated heterocycles. The highest BCUT2D eigenvalue weighted by Crippen LogP contribution is 2.04. The van der Waals surface area contributed by atoms with Gasteiger partial charge in [0.2, 0.25) is 0 Å². The van der Waals surface area contributed by atoms with Crippen molar-refractivity contribution in [3.63, 3.8) is 0 Å². The maximum absolute atomic E-state index is 8.61. The number of hydrogen-bond acceptors (Lipinski definition) is 6. The Balaban J connectivity index is 1.91. The van der Waals surface area contributed by atoms with Crippen molar-refractivity contribution in [2.75, 3.05) is 13.2 Å². The second-order valence-electron chi connectivity index (χ2n) is 4.47. The van der Waals surface area contributed by atoms with Crippen LogP contribution in [0.1, 0.15) is 31.3 Å². The second kappa shape index (κ2) is 6.39. The van der Waals surface area contributed by atoms with E-state index in [4.69, 9.17) is 9.84 Å². The monoisotopic (exact) mass is 266 g/mol. The van der Waals surface area contributed by atoms with Crippen molar-refractivity contribution >= 4 is 0 Å². The number of nitrogens with zero attached hydrogens (tertiary/aromatic N) is 6. The van der Waals surface area contributed by atoms with E-state index in [9.17, 15) is 0 Å². The van der Waals surface area contributed by atoms with Crippen LogP contribution in [-0.4, -0.2) is 48.3 Å². The number of aliphatic hydroxyl groups excluding tert-OH is 1. The summed E-state index contributed by atoms with van der Waals surface area (Å²) in [6.07, 6.45) is 3.69. The summed E-state index contributed by atoms with van der Waals surface area (Å²) in [6, 6.07) is 0.291. The van der Waals surface area contributed by atoms with Gasteiger partial charge in [-0.1, -0.05) is 10.4 Å². The van der Waals surface area contributed by atoms with Gasteiger partial charge in [0.05, 0.1) is 38.8 Å². The Morgan fingerprint density at radius 3 is 2.68 bits per heavy atom. The van der Waals surface area contributed by atoms with Gasteiger partial charge in [-0.3, -0.25) is 0 Å². The zero-order valence-corrected chi connectivity index (χ0v) is 11.1. The van der Waals surface area contributed by atoms with E-state index in [1.807, 2.05) is 20.0 Å². The highest BCUT2D eigenvalue weighted by molar-refractivity contribution is 4.96. The van der Waals surface area contributed by atoms with Crippen molar-refractivity contribution in [1.29, 1.82) is 0 Å². The largest absolute Gasteiger partial charge is 0.394 e. The number of hydrogen-bond donors (Lipinski definition) is 1. The van der Waals surface area contributed by atoms with Gasteiger partial charge in [0, 0.05) is 6.04 Å². The van der Waals surface area contributed by atoms with Crippen LogP contribution < -0.4 is 0 Å². The Hall–Kier alpha value is -1.80. The molecule has 8 nitrogen and oxygen atoms in total. The second-order valence-corrected chi connectivity index (χ2v) is 4.47. The topological polar surface area (TPSA) is 90.9 Å². The van der Waals surface area contributed by atoms with Gasteiger partial charge >= 0.3 is 0 Å². The highest BCUT2D eigenvalue weighted by Gasteiger charge is 2.06. The van der Waals surface area contributed by atoms with Crippen molar-refractivity contribution in [1.82, 2.24) is 30.0 Å². The predicted octanol–water partition coefficient (Wildman–Crippen LogP) is 0.00770. The van der Waals surface area contributed by atoms with E-state index in [1.54, 1.807) is 15.6 Å². The van der Waals surface area contributed by atoms with Gasteiger partial charge in [0.15, 0.2) is 0 Å². The minimum Gasteiger partial charge on any atom is -0.394 e. The summed E-state index contributed by atoms with van der Waals surface area (Å²) < 4.78 is 8.66. The lowest BCUT2D eigenvalue weighted by atomic mass is 10.4. The summed E-state index contributed by atoms with van der Waals surface area (Å²) in [7, 11) is 0. The number of aliphatic hydroxyl groups is 1. The first-order valence-electron chi connectivity index (χ1n) is 6.17. The van der Waals surface area contributed by atoms with Crippen molar-refractivity contribution in [2.45, 2.75) is 33.0 Å². The SMILES string of the molecule is CC(C)n1cc(Cn2cc(COCCO)nn2)nn1. The van der Waals surface area contributed by atoms with Crippen molar-refractivity contribution in [3.8, 4) is 0 Å². The van der Waals surface area contributed by atoms with E-state index >= 15 is 0 Å². The fourth-order valence-electron chi connectivity index (χ4n) is 1.53. The number of ether oxygens (including phenoxy) is 1. The fourth-order valence-corrected chi connectivity index (χ4v) is 1.53. The molecule has 0 aromatic carbocycles. The van der Waals surface area contributed by atoms with Crippen molar-refractivity contribution < 1.29 is 9.84 Å². The number of aromatic nitrogens is 6. The summed E-state index contributed by atoms with van der Waals surface area (Å²) >= 11 is 0. The van der Waals surface area contributed by atoms with E-state index in [0.717, 1.165) is 11.4 Å². The molecular weight excluding hydrogens is 248 g/mol. The molecule has 0 unspecified atom stereocenters. The Labute approximate surface area is 111 Å². The molecule has 0 amide bonds. The number of rotatable bonds is 7. The predicted molar refractivity (Wildman–Crippen MR) is 66.3 cm³/mol. The molecule has 0 aliphatic carbocycles. The fraction of sp³-hybridized carbons (Fsp3) is 0.636. The summed E-state index contributed by atoms with van der Waals surface area (Å²) in [5.74, 6) is 0. The standard InChI is InChI=1S/C11H18N6O2/c1-9(2)17-7-10(12-15-17)5-16-6-11(13-14-16)8-19-4-3-18/h6-7,9,18H,3-5,8H2,1-2H3. The van der Waals surface area contributed by atoms with Crippen molar-refractivity contribution in [2.24, 2.45) is 0 Å². The van der Waals surface area contributed by atoms with Crippen LogP contribution in [0.2, 0.25) is 0 Å². The molecule has 104 valence electrons.